The molecular formula is C27H22Cl2N2O6. The van der Waals surface area contributed by atoms with E-state index in [9.17, 15) is 19.5 Å². The summed E-state index contributed by atoms with van der Waals surface area (Å²) in [5.41, 5.74) is 1.17. The minimum atomic E-state index is -1.03. The van der Waals surface area contributed by atoms with Crippen LogP contribution in [0.4, 0.5) is 11.4 Å². The Morgan fingerprint density at radius 1 is 1.00 bits per heavy atom. The van der Waals surface area contributed by atoms with Crippen molar-refractivity contribution in [2.75, 3.05) is 24.4 Å². The molecule has 10 heteroatoms. The summed E-state index contributed by atoms with van der Waals surface area (Å²) in [4.78, 5) is 39.7. The normalized spacial score (nSPS) is 16.6. The van der Waals surface area contributed by atoms with Gasteiger partial charge in [0.15, 0.2) is 0 Å². The molecule has 0 bridgehead atoms. The van der Waals surface area contributed by atoms with E-state index in [0.29, 0.717) is 22.7 Å². The number of amides is 2. The number of carbonyl (C=O) groups is 3. The van der Waals surface area contributed by atoms with Gasteiger partial charge in [0.2, 0.25) is 5.91 Å². The van der Waals surface area contributed by atoms with Gasteiger partial charge in [-0.1, -0.05) is 41.4 Å². The maximum atomic E-state index is 13.4. The summed E-state index contributed by atoms with van der Waals surface area (Å²) < 4.78 is 10.6. The molecule has 1 fully saturated rings. The number of nitrogens with zero attached hydrogens (tertiary/aromatic N) is 1. The van der Waals surface area contributed by atoms with E-state index in [1.54, 1.807) is 48.5 Å². The number of aliphatic hydroxyl groups is 1. The van der Waals surface area contributed by atoms with Crippen LogP contribution in [0.15, 0.2) is 66.2 Å². The number of nitrogens with one attached hydrogen (secondary N) is 1. The SMILES string of the molecule is COc1ccc(C2/C(=C(\O)c3cc(Cl)cc(Cl)c3OC)C(=O)C(=O)N2c2cccc(NC(C)=O)c2)cc1. The largest absolute Gasteiger partial charge is 0.507 e. The fraction of sp³-hybridized carbons (Fsp3) is 0.148. The number of halogens is 2. The van der Waals surface area contributed by atoms with Crippen molar-refractivity contribution in [3.63, 3.8) is 0 Å². The lowest BCUT2D eigenvalue weighted by Crippen LogP contribution is -2.29. The fourth-order valence-corrected chi connectivity index (χ4v) is 4.80. The second-order valence-electron chi connectivity index (χ2n) is 8.14. The molecule has 1 aliphatic rings. The van der Waals surface area contributed by atoms with Crippen molar-refractivity contribution in [1.82, 2.24) is 0 Å². The number of ketones is 1. The van der Waals surface area contributed by atoms with Crippen LogP contribution in [0.3, 0.4) is 0 Å². The Morgan fingerprint density at radius 3 is 2.32 bits per heavy atom. The maximum Gasteiger partial charge on any atom is 0.300 e. The van der Waals surface area contributed by atoms with Crippen molar-refractivity contribution in [3.8, 4) is 11.5 Å². The van der Waals surface area contributed by atoms with Gasteiger partial charge in [-0.15, -0.1) is 0 Å². The number of aliphatic hydroxyl groups excluding tert-OH is 1. The lowest BCUT2D eigenvalue weighted by atomic mass is 9.94. The van der Waals surface area contributed by atoms with E-state index in [4.69, 9.17) is 32.7 Å². The van der Waals surface area contributed by atoms with Gasteiger partial charge in [0.1, 0.15) is 17.3 Å². The van der Waals surface area contributed by atoms with Gasteiger partial charge in [-0.25, -0.2) is 0 Å². The molecule has 3 aromatic rings. The van der Waals surface area contributed by atoms with Gasteiger partial charge in [-0.05, 0) is 48.0 Å². The summed E-state index contributed by atoms with van der Waals surface area (Å²) in [6.45, 7) is 1.36. The maximum absolute atomic E-state index is 13.4. The Labute approximate surface area is 223 Å². The predicted octanol–water partition coefficient (Wildman–Crippen LogP) is 5.60. The van der Waals surface area contributed by atoms with E-state index in [-0.39, 0.29) is 32.8 Å². The van der Waals surface area contributed by atoms with Gasteiger partial charge in [0, 0.05) is 23.3 Å². The standard InChI is InChI=1S/C27H22Cl2N2O6/c1-14(32)30-17-5-4-6-18(13-17)31-23(15-7-9-19(36-2)10-8-15)22(25(34)27(31)35)24(33)20-11-16(28)12-21(29)26(20)37-3/h4-13,23,33H,1-3H3,(H,30,32)/b24-22+. The van der Waals surface area contributed by atoms with Gasteiger partial charge < -0.3 is 19.9 Å². The molecule has 1 atom stereocenters. The third-order valence-corrected chi connectivity index (χ3v) is 6.29. The Bertz CT molecular complexity index is 1440. The number of ether oxygens (including phenoxy) is 2. The molecule has 1 saturated heterocycles. The minimum Gasteiger partial charge on any atom is -0.507 e. The molecule has 1 aliphatic heterocycles. The smallest absolute Gasteiger partial charge is 0.300 e. The number of methoxy groups -OCH3 is 2. The molecule has 2 N–H and O–H groups in total. The van der Waals surface area contributed by atoms with Crippen molar-refractivity contribution in [2.45, 2.75) is 13.0 Å². The zero-order valence-corrected chi connectivity index (χ0v) is 21.6. The van der Waals surface area contributed by atoms with Crippen molar-refractivity contribution in [3.05, 3.63) is 87.4 Å². The lowest BCUT2D eigenvalue weighted by Gasteiger charge is -2.26. The van der Waals surface area contributed by atoms with Crippen LogP contribution in [0.1, 0.15) is 24.1 Å². The first kappa shape index (κ1) is 26.1. The topological polar surface area (TPSA) is 105 Å². The van der Waals surface area contributed by atoms with E-state index in [2.05, 4.69) is 5.32 Å². The third-order valence-electron chi connectivity index (χ3n) is 5.79. The first-order valence-corrected chi connectivity index (χ1v) is 11.8. The van der Waals surface area contributed by atoms with Crippen molar-refractivity contribution < 1.29 is 29.0 Å². The third kappa shape index (κ3) is 4.98. The zero-order valence-electron chi connectivity index (χ0n) is 20.0. The highest BCUT2D eigenvalue weighted by molar-refractivity contribution is 6.52. The van der Waals surface area contributed by atoms with Crippen LogP contribution >= 0.6 is 23.2 Å². The number of carbonyl (C=O) groups excluding carboxylic acids is 3. The Hall–Kier alpha value is -4.01. The predicted molar refractivity (Wildman–Crippen MR) is 142 cm³/mol. The molecule has 2 amide bonds. The molecule has 0 aliphatic carbocycles. The van der Waals surface area contributed by atoms with Crippen LogP contribution < -0.4 is 19.7 Å². The molecule has 0 radical (unpaired) electrons. The number of hydrogen-bond donors (Lipinski definition) is 2. The second-order valence-corrected chi connectivity index (χ2v) is 8.99. The summed E-state index contributed by atoms with van der Waals surface area (Å²) in [6.07, 6.45) is 0. The van der Waals surface area contributed by atoms with E-state index in [1.807, 2.05) is 0 Å². The quantitative estimate of drug-likeness (QED) is 0.239. The highest BCUT2D eigenvalue weighted by Crippen LogP contribution is 2.45. The van der Waals surface area contributed by atoms with Gasteiger partial charge >= 0.3 is 0 Å². The number of rotatable bonds is 6. The molecule has 37 heavy (non-hydrogen) atoms. The number of hydrogen-bond acceptors (Lipinski definition) is 6. The van der Waals surface area contributed by atoms with Gasteiger partial charge in [-0.3, -0.25) is 19.3 Å². The average molecular weight is 541 g/mol. The van der Waals surface area contributed by atoms with E-state index in [1.165, 1.54) is 38.2 Å². The summed E-state index contributed by atoms with van der Waals surface area (Å²) in [6, 6.07) is 15.0. The Balaban J connectivity index is 1.97. The second kappa shape index (κ2) is 10.5. The number of benzene rings is 3. The van der Waals surface area contributed by atoms with Crippen molar-refractivity contribution >= 4 is 57.9 Å². The van der Waals surface area contributed by atoms with Gasteiger partial charge in [0.05, 0.1) is 36.4 Å². The van der Waals surface area contributed by atoms with Crippen LogP contribution in [0.25, 0.3) is 5.76 Å². The van der Waals surface area contributed by atoms with Crippen molar-refractivity contribution in [2.24, 2.45) is 0 Å². The highest BCUT2D eigenvalue weighted by atomic mass is 35.5. The number of anilines is 2. The average Bonchev–Trinajstić information content (AvgIpc) is 3.13. The summed E-state index contributed by atoms with van der Waals surface area (Å²) in [7, 11) is 2.88. The number of Topliss-reactive ketones (excluding diaryl/α,β-unsaturated/α-hetero) is 1. The summed E-state index contributed by atoms with van der Waals surface area (Å²) >= 11 is 12.4. The first-order chi connectivity index (χ1) is 17.7. The van der Waals surface area contributed by atoms with Gasteiger partial charge in [-0.2, -0.15) is 0 Å². The Kier molecular flexibility index (Phi) is 7.42. The molecule has 1 heterocycles. The molecule has 1 unspecified atom stereocenters. The lowest BCUT2D eigenvalue weighted by molar-refractivity contribution is -0.132. The minimum absolute atomic E-state index is 0.0588. The Morgan fingerprint density at radius 2 is 1.70 bits per heavy atom. The van der Waals surface area contributed by atoms with Crippen LogP contribution in [-0.2, 0) is 14.4 Å². The zero-order chi connectivity index (χ0) is 26.9. The van der Waals surface area contributed by atoms with Crippen LogP contribution in [-0.4, -0.2) is 36.9 Å². The molecule has 0 saturated carbocycles. The van der Waals surface area contributed by atoms with E-state index >= 15 is 0 Å². The molecule has 0 spiro atoms. The van der Waals surface area contributed by atoms with Crippen molar-refractivity contribution in [1.29, 1.82) is 0 Å². The van der Waals surface area contributed by atoms with E-state index in [0.717, 1.165) is 0 Å². The highest BCUT2D eigenvalue weighted by Gasteiger charge is 2.47. The van der Waals surface area contributed by atoms with Gasteiger partial charge in [0.25, 0.3) is 11.7 Å². The first-order valence-electron chi connectivity index (χ1n) is 11.0. The van der Waals surface area contributed by atoms with Crippen LogP contribution in [0.2, 0.25) is 10.0 Å². The van der Waals surface area contributed by atoms with Crippen LogP contribution in [0.5, 0.6) is 11.5 Å². The summed E-state index contributed by atoms with van der Waals surface area (Å²) in [5.74, 6) is -1.92. The van der Waals surface area contributed by atoms with E-state index < -0.39 is 23.5 Å². The molecule has 8 nitrogen and oxygen atoms in total. The molecule has 190 valence electrons. The fourth-order valence-electron chi connectivity index (χ4n) is 4.23. The summed E-state index contributed by atoms with van der Waals surface area (Å²) in [5, 5.41) is 14.4. The monoisotopic (exact) mass is 540 g/mol. The molecule has 0 aromatic heterocycles. The van der Waals surface area contributed by atoms with Crippen LogP contribution in [0, 0.1) is 0 Å². The molecule has 3 aromatic carbocycles. The molecule has 4 rings (SSSR count). The molecular weight excluding hydrogens is 519 g/mol.